The second-order valence-electron chi connectivity index (χ2n) is 3.52. The minimum absolute atomic E-state index is 0.0967. The summed E-state index contributed by atoms with van der Waals surface area (Å²) in [6, 6.07) is 3.64. The number of hydrogen-bond donors (Lipinski definition) is 1. The molecule has 5 heteroatoms. The van der Waals surface area contributed by atoms with Crippen LogP contribution in [-0.4, -0.2) is 24.5 Å². The third kappa shape index (κ3) is 1.92. The molecule has 0 spiro atoms. The molecule has 2 rings (SSSR count). The molecule has 1 aliphatic rings. The lowest BCUT2D eigenvalue weighted by molar-refractivity contribution is 0.416. The van der Waals surface area contributed by atoms with Gasteiger partial charge in [-0.15, -0.1) is 0 Å². The van der Waals surface area contributed by atoms with Gasteiger partial charge in [0.1, 0.15) is 17.1 Å². The molecule has 0 radical (unpaired) electrons. The first kappa shape index (κ1) is 11.4. The van der Waals surface area contributed by atoms with Crippen LogP contribution in [0.1, 0.15) is 5.56 Å². The Hall–Kier alpha value is -1.07. The zero-order valence-electron chi connectivity index (χ0n) is 9.00. The summed E-state index contributed by atoms with van der Waals surface area (Å²) in [5, 5.41) is 4.96. The highest BCUT2D eigenvalue weighted by molar-refractivity contribution is 8.03. The molecule has 0 bridgehead atoms. The highest BCUT2D eigenvalue weighted by Gasteiger charge is 2.24. The molecule has 1 aromatic rings. The van der Waals surface area contributed by atoms with E-state index >= 15 is 0 Å². The monoisotopic (exact) mass is 242 g/mol. The second-order valence-corrected chi connectivity index (χ2v) is 4.47. The van der Waals surface area contributed by atoms with Crippen molar-refractivity contribution in [3.05, 3.63) is 40.8 Å². The predicted molar refractivity (Wildman–Crippen MR) is 62.5 cm³/mol. The molecule has 0 fully saturated rings. The second kappa shape index (κ2) is 4.43. The van der Waals surface area contributed by atoms with Crippen molar-refractivity contribution >= 4 is 17.5 Å². The molecule has 1 N–H and O–H groups in total. The Labute approximate surface area is 97.3 Å². The fourth-order valence-electron chi connectivity index (χ4n) is 1.64. The SMILES string of the molecule is CNC1SC=C(c2ccc(F)cc2F)N1C. The van der Waals surface area contributed by atoms with Crippen molar-refractivity contribution in [1.82, 2.24) is 10.2 Å². The van der Waals surface area contributed by atoms with Gasteiger partial charge in [-0.3, -0.25) is 5.32 Å². The van der Waals surface area contributed by atoms with E-state index in [-0.39, 0.29) is 5.50 Å². The molecule has 1 aromatic carbocycles. The molecule has 0 aliphatic carbocycles. The Bertz CT molecular complexity index is 434. The summed E-state index contributed by atoms with van der Waals surface area (Å²) in [7, 11) is 3.71. The van der Waals surface area contributed by atoms with Crippen LogP contribution in [0.4, 0.5) is 8.78 Å². The van der Waals surface area contributed by atoms with Crippen molar-refractivity contribution in [2.45, 2.75) is 5.50 Å². The summed E-state index contributed by atoms with van der Waals surface area (Å²) in [6.45, 7) is 0. The summed E-state index contributed by atoms with van der Waals surface area (Å²) >= 11 is 1.56. The van der Waals surface area contributed by atoms with Gasteiger partial charge >= 0.3 is 0 Å². The lowest BCUT2D eigenvalue weighted by Gasteiger charge is -2.24. The van der Waals surface area contributed by atoms with Gasteiger partial charge < -0.3 is 4.90 Å². The van der Waals surface area contributed by atoms with Crippen LogP contribution in [0.5, 0.6) is 0 Å². The molecular formula is C11H12F2N2S. The zero-order valence-corrected chi connectivity index (χ0v) is 9.81. The summed E-state index contributed by atoms with van der Waals surface area (Å²) in [6.07, 6.45) is 0. The van der Waals surface area contributed by atoms with Crippen LogP contribution in [0.3, 0.4) is 0 Å². The number of rotatable bonds is 2. The topological polar surface area (TPSA) is 15.3 Å². The third-order valence-corrected chi connectivity index (χ3v) is 3.66. The van der Waals surface area contributed by atoms with Crippen LogP contribution in [0.2, 0.25) is 0 Å². The van der Waals surface area contributed by atoms with Gasteiger partial charge in [0.05, 0.1) is 5.70 Å². The molecule has 0 amide bonds. The summed E-state index contributed by atoms with van der Waals surface area (Å²) in [4.78, 5) is 1.92. The Balaban J connectivity index is 2.32. The summed E-state index contributed by atoms with van der Waals surface area (Å²) in [5.74, 6) is -1.09. The lowest BCUT2D eigenvalue weighted by atomic mass is 10.1. The van der Waals surface area contributed by atoms with Gasteiger partial charge in [0, 0.05) is 18.7 Å². The van der Waals surface area contributed by atoms with E-state index in [1.54, 1.807) is 11.8 Å². The molecule has 0 aromatic heterocycles. The quantitative estimate of drug-likeness (QED) is 0.857. The van der Waals surface area contributed by atoms with Crippen molar-refractivity contribution < 1.29 is 8.78 Å². The van der Waals surface area contributed by atoms with Gasteiger partial charge in [0.2, 0.25) is 0 Å². The van der Waals surface area contributed by atoms with Crippen molar-refractivity contribution in [2.75, 3.05) is 14.1 Å². The Kier molecular flexibility index (Phi) is 3.16. The van der Waals surface area contributed by atoms with E-state index in [1.165, 1.54) is 12.1 Å². The number of nitrogens with one attached hydrogen (secondary N) is 1. The van der Waals surface area contributed by atoms with E-state index in [0.717, 1.165) is 11.8 Å². The number of nitrogens with zero attached hydrogens (tertiary/aromatic N) is 1. The van der Waals surface area contributed by atoms with E-state index in [0.29, 0.717) is 5.56 Å². The molecule has 86 valence electrons. The fourth-order valence-corrected chi connectivity index (χ4v) is 2.63. The molecule has 2 nitrogen and oxygen atoms in total. The maximum Gasteiger partial charge on any atom is 0.135 e. The van der Waals surface area contributed by atoms with Gasteiger partial charge in [0.15, 0.2) is 0 Å². The standard InChI is InChI=1S/C11H12F2N2S/c1-14-11-15(2)10(6-16-11)8-4-3-7(12)5-9(8)13/h3-6,11,14H,1-2H3. The van der Waals surface area contributed by atoms with E-state index in [4.69, 9.17) is 0 Å². The normalized spacial score (nSPS) is 20.1. The number of hydrogen-bond acceptors (Lipinski definition) is 3. The molecule has 0 saturated carbocycles. The predicted octanol–water partition coefficient (Wildman–Crippen LogP) is 2.44. The van der Waals surface area contributed by atoms with Gasteiger partial charge in [-0.25, -0.2) is 8.78 Å². The molecular weight excluding hydrogens is 230 g/mol. The van der Waals surface area contributed by atoms with Crippen LogP contribution in [-0.2, 0) is 0 Å². The maximum atomic E-state index is 13.6. The Morgan fingerprint density at radius 2 is 2.12 bits per heavy atom. The largest absolute Gasteiger partial charge is 0.349 e. The van der Waals surface area contributed by atoms with E-state index in [9.17, 15) is 8.78 Å². The average molecular weight is 242 g/mol. The molecule has 1 atom stereocenters. The Morgan fingerprint density at radius 1 is 1.38 bits per heavy atom. The maximum absolute atomic E-state index is 13.6. The van der Waals surface area contributed by atoms with E-state index in [1.807, 2.05) is 24.4 Å². The van der Waals surface area contributed by atoms with Gasteiger partial charge in [-0.1, -0.05) is 11.8 Å². The number of benzene rings is 1. The highest BCUT2D eigenvalue weighted by Crippen LogP contribution is 2.34. The minimum atomic E-state index is -0.555. The summed E-state index contributed by atoms with van der Waals surface area (Å²) < 4.78 is 26.4. The summed E-state index contributed by atoms with van der Waals surface area (Å²) in [5.41, 5.74) is 1.29. The van der Waals surface area contributed by atoms with Gasteiger partial charge in [-0.05, 0) is 24.6 Å². The first-order valence-electron chi connectivity index (χ1n) is 4.84. The minimum Gasteiger partial charge on any atom is -0.349 e. The first-order chi connectivity index (χ1) is 7.63. The first-order valence-corrected chi connectivity index (χ1v) is 5.79. The van der Waals surface area contributed by atoms with Crippen molar-refractivity contribution in [2.24, 2.45) is 0 Å². The van der Waals surface area contributed by atoms with E-state index in [2.05, 4.69) is 5.32 Å². The van der Waals surface area contributed by atoms with Crippen LogP contribution in [0, 0.1) is 11.6 Å². The molecule has 1 heterocycles. The van der Waals surface area contributed by atoms with Crippen LogP contribution in [0.15, 0.2) is 23.6 Å². The smallest absolute Gasteiger partial charge is 0.135 e. The van der Waals surface area contributed by atoms with Crippen LogP contribution < -0.4 is 5.32 Å². The third-order valence-electron chi connectivity index (χ3n) is 2.49. The Morgan fingerprint density at radius 3 is 2.69 bits per heavy atom. The number of thioether (sulfide) groups is 1. The molecule has 1 aliphatic heterocycles. The molecule has 0 saturated heterocycles. The highest BCUT2D eigenvalue weighted by atomic mass is 32.2. The van der Waals surface area contributed by atoms with Crippen molar-refractivity contribution in [3.8, 4) is 0 Å². The number of halogens is 2. The van der Waals surface area contributed by atoms with Crippen LogP contribution >= 0.6 is 11.8 Å². The van der Waals surface area contributed by atoms with Crippen LogP contribution in [0.25, 0.3) is 5.70 Å². The zero-order chi connectivity index (χ0) is 11.7. The fraction of sp³-hybridized carbons (Fsp3) is 0.273. The van der Waals surface area contributed by atoms with Crippen molar-refractivity contribution in [1.29, 1.82) is 0 Å². The van der Waals surface area contributed by atoms with E-state index < -0.39 is 11.6 Å². The molecule has 1 unspecified atom stereocenters. The van der Waals surface area contributed by atoms with Gasteiger partial charge in [0.25, 0.3) is 0 Å². The van der Waals surface area contributed by atoms with Crippen molar-refractivity contribution in [3.63, 3.8) is 0 Å². The molecule has 16 heavy (non-hydrogen) atoms. The van der Waals surface area contributed by atoms with Gasteiger partial charge in [-0.2, -0.15) is 0 Å². The average Bonchev–Trinajstić information content (AvgIpc) is 2.60. The lowest BCUT2D eigenvalue weighted by Crippen LogP contribution is -2.34.